The predicted octanol–water partition coefficient (Wildman–Crippen LogP) is 4.62. The zero-order valence-electron chi connectivity index (χ0n) is 13.2. The van der Waals surface area contributed by atoms with Crippen molar-refractivity contribution < 1.29 is 0 Å². The largest absolute Gasteiger partial charge is 0.307 e. The molecule has 106 valence electrons. The quantitative estimate of drug-likeness (QED) is 0.852. The summed E-state index contributed by atoms with van der Waals surface area (Å²) < 4.78 is 0. The first-order valence-electron chi connectivity index (χ1n) is 7.39. The summed E-state index contributed by atoms with van der Waals surface area (Å²) in [6, 6.07) is 13.9. The third kappa shape index (κ3) is 3.49. The van der Waals surface area contributed by atoms with Crippen LogP contribution in [0.3, 0.4) is 0 Å². The van der Waals surface area contributed by atoms with Crippen molar-refractivity contribution >= 4 is 0 Å². The molecule has 1 heteroatoms. The molecule has 0 saturated carbocycles. The summed E-state index contributed by atoms with van der Waals surface area (Å²) in [5.74, 6) is 0. The van der Waals surface area contributed by atoms with Crippen molar-refractivity contribution in [3.63, 3.8) is 0 Å². The second-order valence-electron chi connectivity index (χ2n) is 5.83. The maximum atomic E-state index is 3.62. The third-order valence-electron chi connectivity index (χ3n) is 3.56. The lowest BCUT2D eigenvalue weighted by Gasteiger charge is -2.21. The van der Waals surface area contributed by atoms with Crippen LogP contribution in [0, 0.1) is 27.7 Å². The Labute approximate surface area is 123 Å². The highest BCUT2D eigenvalue weighted by Gasteiger charge is 2.14. The maximum absolute atomic E-state index is 3.62. The smallest absolute Gasteiger partial charge is 0.0577 e. The molecule has 2 aromatic rings. The van der Waals surface area contributed by atoms with Gasteiger partial charge in [0.1, 0.15) is 0 Å². The van der Waals surface area contributed by atoms with Crippen LogP contribution in [0.15, 0.2) is 36.4 Å². The van der Waals surface area contributed by atoms with Crippen molar-refractivity contribution in [3.05, 3.63) is 69.8 Å². The van der Waals surface area contributed by atoms with Crippen LogP contribution in [-0.2, 0) is 0 Å². The molecular weight excluding hydrogens is 242 g/mol. The van der Waals surface area contributed by atoms with E-state index in [0.29, 0.717) is 0 Å². The van der Waals surface area contributed by atoms with E-state index in [2.05, 4.69) is 76.3 Å². The molecular formula is C19H25N. The Balaban J connectivity index is 2.49. The molecule has 0 bridgehead atoms. The fraction of sp³-hybridized carbons (Fsp3) is 0.368. The van der Waals surface area contributed by atoms with Crippen LogP contribution in [0.4, 0.5) is 0 Å². The van der Waals surface area contributed by atoms with E-state index in [0.717, 1.165) is 6.54 Å². The van der Waals surface area contributed by atoms with Crippen molar-refractivity contribution in [1.29, 1.82) is 0 Å². The van der Waals surface area contributed by atoms with Crippen LogP contribution in [-0.4, -0.2) is 6.54 Å². The van der Waals surface area contributed by atoms with E-state index in [9.17, 15) is 0 Å². The molecule has 0 aliphatic carbocycles. The molecule has 1 N–H and O–H groups in total. The Bertz CT molecular complexity index is 507. The molecule has 0 unspecified atom stereocenters. The number of benzene rings is 2. The maximum Gasteiger partial charge on any atom is 0.0577 e. The van der Waals surface area contributed by atoms with Gasteiger partial charge in [-0.15, -0.1) is 0 Å². The molecule has 0 atom stereocenters. The number of rotatable bonds is 4. The molecule has 20 heavy (non-hydrogen) atoms. The van der Waals surface area contributed by atoms with Gasteiger partial charge in [0, 0.05) is 0 Å². The SMILES string of the molecule is CCNC(c1cc(C)cc(C)c1)c1cc(C)cc(C)c1. The minimum atomic E-state index is 0.275. The second-order valence-corrected chi connectivity index (χ2v) is 5.83. The van der Waals surface area contributed by atoms with Gasteiger partial charge in [-0.3, -0.25) is 0 Å². The van der Waals surface area contributed by atoms with Crippen molar-refractivity contribution in [3.8, 4) is 0 Å². The average Bonchev–Trinajstić information content (AvgIpc) is 2.33. The fourth-order valence-corrected chi connectivity index (χ4v) is 2.99. The van der Waals surface area contributed by atoms with E-state index in [4.69, 9.17) is 0 Å². The lowest BCUT2D eigenvalue weighted by atomic mass is 9.93. The first-order chi connectivity index (χ1) is 9.49. The average molecular weight is 267 g/mol. The Morgan fingerprint density at radius 3 is 1.35 bits per heavy atom. The number of hydrogen-bond acceptors (Lipinski definition) is 1. The molecule has 0 fully saturated rings. The Kier molecular flexibility index (Phi) is 4.61. The van der Waals surface area contributed by atoms with E-state index < -0.39 is 0 Å². The second kappa shape index (κ2) is 6.23. The molecule has 0 amide bonds. The van der Waals surface area contributed by atoms with Crippen molar-refractivity contribution in [1.82, 2.24) is 5.32 Å². The highest BCUT2D eigenvalue weighted by molar-refractivity contribution is 5.39. The van der Waals surface area contributed by atoms with E-state index in [-0.39, 0.29) is 6.04 Å². The van der Waals surface area contributed by atoms with E-state index in [1.807, 2.05) is 0 Å². The summed E-state index contributed by atoms with van der Waals surface area (Å²) in [5.41, 5.74) is 8.02. The number of hydrogen-bond donors (Lipinski definition) is 1. The molecule has 1 nitrogen and oxygen atoms in total. The highest BCUT2D eigenvalue weighted by Crippen LogP contribution is 2.25. The summed E-state index contributed by atoms with van der Waals surface area (Å²) in [4.78, 5) is 0. The molecule has 0 aromatic heterocycles. The summed E-state index contributed by atoms with van der Waals surface area (Å²) in [6.07, 6.45) is 0. The normalized spacial score (nSPS) is 11.1. The minimum absolute atomic E-state index is 0.275. The van der Waals surface area contributed by atoms with Crippen molar-refractivity contribution in [2.75, 3.05) is 6.54 Å². The van der Waals surface area contributed by atoms with Crippen LogP contribution in [0.5, 0.6) is 0 Å². The van der Waals surface area contributed by atoms with Gasteiger partial charge in [-0.25, -0.2) is 0 Å². The molecule has 0 radical (unpaired) electrons. The van der Waals surface area contributed by atoms with Gasteiger partial charge in [0.2, 0.25) is 0 Å². The Hall–Kier alpha value is -1.60. The zero-order valence-corrected chi connectivity index (χ0v) is 13.2. The summed E-state index contributed by atoms with van der Waals surface area (Å²) in [5, 5.41) is 3.62. The van der Waals surface area contributed by atoms with E-state index in [1.165, 1.54) is 33.4 Å². The lowest BCUT2D eigenvalue weighted by Crippen LogP contribution is -2.22. The molecule has 0 spiro atoms. The van der Waals surface area contributed by atoms with Gasteiger partial charge in [0.05, 0.1) is 6.04 Å². The van der Waals surface area contributed by atoms with Crippen molar-refractivity contribution in [2.45, 2.75) is 40.7 Å². The first-order valence-corrected chi connectivity index (χ1v) is 7.39. The molecule has 0 saturated heterocycles. The van der Waals surface area contributed by atoms with E-state index in [1.54, 1.807) is 0 Å². The van der Waals surface area contributed by atoms with Crippen molar-refractivity contribution in [2.24, 2.45) is 0 Å². The fourth-order valence-electron chi connectivity index (χ4n) is 2.99. The molecule has 0 heterocycles. The molecule has 2 rings (SSSR count). The van der Waals surface area contributed by atoms with Crippen LogP contribution in [0.1, 0.15) is 46.3 Å². The molecule has 0 aliphatic rings. The van der Waals surface area contributed by atoms with Gasteiger partial charge < -0.3 is 5.32 Å². The topological polar surface area (TPSA) is 12.0 Å². The summed E-state index contributed by atoms with van der Waals surface area (Å²) in [7, 11) is 0. The molecule has 2 aromatic carbocycles. The number of aryl methyl sites for hydroxylation is 4. The predicted molar refractivity (Wildman–Crippen MR) is 87.4 cm³/mol. The third-order valence-corrected chi connectivity index (χ3v) is 3.56. The van der Waals surface area contributed by atoms with Gasteiger partial charge in [-0.1, -0.05) is 65.6 Å². The van der Waals surface area contributed by atoms with Gasteiger partial charge in [-0.2, -0.15) is 0 Å². The highest BCUT2D eigenvalue weighted by atomic mass is 14.9. The number of nitrogens with one attached hydrogen (secondary N) is 1. The Morgan fingerprint density at radius 2 is 1.05 bits per heavy atom. The standard InChI is InChI=1S/C19H25N/c1-6-20-19(17-9-13(2)7-14(3)10-17)18-11-15(4)8-16(5)12-18/h7-12,19-20H,6H2,1-5H3. The molecule has 0 aliphatic heterocycles. The van der Waals surface area contributed by atoms with Gasteiger partial charge in [0.15, 0.2) is 0 Å². The monoisotopic (exact) mass is 267 g/mol. The summed E-state index contributed by atoms with van der Waals surface area (Å²) >= 11 is 0. The summed E-state index contributed by atoms with van der Waals surface area (Å²) in [6.45, 7) is 11.8. The van der Waals surface area contributed by atoms with Crippen LogP contribution in [0.25, 0.3) is 0 Å². The zero-order chi connectivity index (χ0) is 14.7. The van der Waals surface area contributed by atoms with Gasteiger partial charge >= 0.3 is 0 Å². The van der Waals surface area contributed by atoms with Crippen LogP contribution < -0.4 is 5.32 Å². The lowest BCUT2D eigenvalue weighted by molar-refractivity contribution is 0.629. The van der Waals surface area contributed by atoms with Crippen LogP contribution in [0.2, 0.25) is 0 Å². The minimum Gasteiger partial charge on any atom is -0.307 e. The van der Waals surface area contributed by atoms with Crippen LogP contribution >= 0.6 is 0 Å². The van der Waals surface area contributed by atoms with Gasteiger partial charge in [-0.05, 0) is 45.4 Å². The van der Waals surface area contributed by atoms with E-state index >= 15 is 0 Å². The first kappa shape index (κ1) is 14.8. The van der Waals surface area contributed by atoms with Gasteiger partial charge in [0.25, 0.3) is 0 Å². The Morgan fingerprint density at radius 1 is 0.700 bits per heavy atom.